The van der Waals surface area contributed by atoms with Gasteiger partial charge in [-0.05, 0) is 49.4 Å². The first-order chi connectivity index (χ1) is 17.9. The maximum Gasteiger partial charge on any atom is 0.242 e. The van der Waals surface area contributed by atoms with Gasteiger partial charge in [0.25, 0.3) is 0 Å². The molecule has 0 aliphatic carbocycles. The highest BCUT2D eigenvalue weighted by atomic mass is 35.5. The molecule has 0 radical (unpaired) electrons. The zero-order chi connectivity index (χ0) is 28.5. The van der Waals surface area contributed by atoms with Crippen molar-refractivity contribution in [2.75, 3.05) is 30.8 Å². The zero-order valence-corrected chi connectivity index (χ0v) is 24.7. The summed E-state index contributed by atoms with van der Waals surface area (Å²) in [5.41, 5.74) is 2.38. The lowest BCUT2D eigenvalue weighted by Crippen LogP contribution is -2.49. The van der Waals surface area contributed by atoms with Crippen molar-refractivity contribution < 1.29 is 22.7 Å². The largest absolute Gasteiger partial charge is 0.495 e. The Morgan fingerprint density at radius 1 is 1.13 bits per heavy atom. The predicted octanol–water partition coefficient (Wildman–Crippen LogP) is 4.78. The number of sulfonamides is 1. The molecule has 1 N–H and O–H groups in total. The molecule has 0 saturated heterocycles. The first kappa shape index (κ1) is 31.4. The van der Waals surface area contributed by atoms with E-state index in [1.54, 1.807) is 17.0 Å². The number of nitrogens with zero attached hydrogens (tertiary/aromatic N) is 2. The van der Waals surface area contributed by atoms with Crippen LogP contribution in [0, 0.1) is 12.8 Å². The number of hydrogen-bond acceptors (Lipinski definition) is 5. The Hall–Kier alpha value is -2.78. The Kier molecular flexibility index (Phi) is 11.9. The zero-order valence-electron chi connectivity index (χ0n) is 23.2. The molecule has 0 unspecified atom stereocenters. The monoisotopic (exact) mass is 565 g/mol. The van der Waals surface area contributed by atoms with E-state index in [0.717, 1.165) is 17.4 Å². The number of aryl methyl sites for hydroxylation is 1. The van der Waals surface area contributed by atoms with Crippen molar-refractivity contribution in [1.82, 2.24) is 10.2 Å². The van der Waals surface area contributed by atoms with Crippen LogP contribution in [0.25, 0.3) is 0 Å². The van der Waals surface area contributed by atoms with Gasteiger partial charge in [-0.15, -0.1) is 0 Å². The quantitative estimate of drug-likeness (QED) is 0.355. The lowest BCUT2D eigenvalue weighted by Gasteiger charge is -2.31. The second-order valence-electron chi connectivity index (χ2n) is 9.83. The van der Waals surface area contributed by atoms with Gasteiger partial charge in [-0.3, -0.25) is 13.9 Å². The average molecular weight is 566 g/mol. The van der Waals surface area contributed by atoms with E-state index < -0.39 is 16.1 Å². The fourth-order valence-electron chi connectivity index (χ4n) is 4.16. The highest BCUT2D eigenvalue weighted by Gasteiger charge is 2.29. The van der Waals surface area contributed by atoms with Crippen LogP contribution in [0.3, 0.4) is 0 Å². The first-order valence-electron chi connectivity index (χ1n) is 12.8. The van der Waals surface area contributed by atoms with E-state index >= 15 is 0 Å². The van der Waals surface area contributed by atoms with E-state index in [9.17, 15) is 18.0 Å². The van der Waals surface area contributed by atoms with Crippen molar-refractivity contribution in [1.29, 1.82) is 0 Å². The number of halogens is 1. The molecule has 2 amide bonds. The molecule has 0 aromatic heterocycles. The summed E-state index contributed by atoms with van der Waals surface area (Å²) in [5.74, 6) is 0.324. The summed E-state index contributed by atoms with van der Waals surface area (Å²) >= 11 is 6.22. The number of hydrogen-bond donors (Lipinski definition) is 1. The molecule has 0 heterocycles. The molecular formula is C28H40ClN3O5S. The SMILES string of the molecule is CC[C@@H](C(=O)NCC(C)C)N(Cc1cccc(C)c1)C(=O)CCCN(c1ccc(OC)c(Cl)c1)S(C)(=O)=O. The third-order valence-electron chi connectivity index (χ3n) is 6.08. The van der Waals surface area contributed by atoms with Gasteiger partial charge in [0.05, 0.1) is 24.1 Å². The fraction of sp³-hybridized carbons (Fsp3) is 0.500. The Morgan fingerprint density at radius 3 is 2.39 bits per heavy atom. The van der Waals surface area contributed by atoms with E-state index in [4.69, 9.17) is 16.3 Å². The van der Waals surface area contributed by atoms with E-state index in [2.05, 4.69) is 5.32 Å². The number of ether oxygens (including phenoxy) is 1. The molecule has 2 aromatic rings. The third kappa shape index (κ3) is 9.20. The number of amides is 2. The number of methoxy groups -OCH3 is 1. The van der Waals surface area contributed by atoms with Crippen LogP contribution in [0.2, 0.25) is 5.02 Å². The van der Waals surface area contributed by atoms with Gasteiger partial charge in [-0.2, -0.15) is 0 Å². The summed E-state index contributed by atoms with van der Waals surface area (Å²) in [6.07, 6.45) is 1.92. The second-order valence-corrected chi connectivity index (χ2v) is 12.1. The topological polar surface area (TPSA) is 96.0 Å². The van der Waals surface area contributed by atoms with Crippen LogP contribution >= 0.6 is 11.6 Å². The highest BCUT2D eigenvalue weighted by Crippen LogP contribution is 2.30. The number of rotatable bonds is 14. The van der Waals surface area contributed by atoms with Crippen molar-refractivity contribution in [3.8, 4) is 5.75 Å². The minimum absolute atomic E-state index is 0.0791. The molecule has 0 saturated carbocycles. The first-order valence-corrected chi connectivity index (χ1v) is 15.0. The molecule has 38 heavy (non-hydrogen) atoms. The van der Waals surface area contributed by atoms with Gasteiger partial charge < -0.3 is 15.0 Å². The Labute approximate surface area is 232 Å². The van der Waals surface area contributed by atoms with E-state index in [0.29, 0.717) is 24.4 Å². The van der Waals surface area contributed by atoms with E-state index in [-0.39, 0.29) is 48.7 Å². The van der Waals surface area contributed by atoms with Crippen molar-refractivity contribution in [3.05, 3.63) is 58.6 Å². The molecule has 210 valence electrons. The molecule has 0 fully saturated rings. The van der Waals surface area contributed by atoms with Gasteiger partial charge in [-0.1, -0.05) is 62.2 Å². The maximum absolute atomic E-state index is 13.5. The van der Waals surface area contributed by atoms with Gasteiger partial charge in [0.2, 0.25) is 21.8 Å². The molecule has 0 spiro atoms. The van der Waals surface area contributed by atoms with Gasteiger partial charge in [0, 0.05) is 26.1 Å². The number of anilines is 1. The van der Waals surface area contributed by atoms with Crippen LogP contribution in [0.4, 0.5) is 5.69 Å². The van der Waals surface area contributed by atoms with Crippen molar-refractivity contribution in [2.45, 2.75) is 59.5 Å². The average Bonchev–Trinajstić information content (AvgIpc) is 2.84. The molecule has 0 bridgehead atoms. The summed E-state index contributed by atoms with van der Waals surface area (Å²) < 4.78 is 31.5. The van der Waals surface area contributed by atoms with Crippen molar-refractivity contribution in [2.24, 2.45) is 5.92 Å². The van der Waals surface area contributed by atoms with Crippen LogP contribution in [-0.4, -0.2) is 57.6 Å². The van der Waals surface area contributed by atoms with Gasteiger partial charge >= 0.3 is 0 Å². The Bertz CT molecular complexity index is 1200. The molecule has 0 aliphatic heterocycles. The van der Waals surface area contributed by atoms with Gasteiger partial charge in [-0.25, -0.2) is 8.42 Å². The van der Waals surface area contributed by atoms with Crippen molar-refractivity contribution >= 4 is 39.1 Å². The molecular weight excluding hydrogens is 526 g/mol. The van der Waals surface area contributed by atoms with Crippen LogP contribution in [0.1, 0.15) is 51.2 Å². The molecule has 2 aromatic carbocycles. The van der Waals surface area contributed by atoms with E-state index in [1.807, 2.05) is 52.0 Å². The third-order valence-corrected chi connectivity index (χ3v) is 7.57. The van der Waals surface area contributed by atoms with Gasteiger partial charge in [0.1, 0.15) is 11.8 Å². The smallest absolute Gasteiger partial charge is 0.242 e. The highest BCUT2D eigenvalue weighted by molar-refractivity contribution is 7.92. The summed E-state index contributed by atoms with van der Waals surface area (Å²) in [4.78, 5) is 28.2. The summed E-state index contributed by atoms with van der Waals surface area (Å²) in [7, 11) is -2.15. The number of carbonyl (C=O) groups excluding carboxylic acids is 2. The predicted molar refractivity (Wildman–Crippen MR) is 153 cm³/mol. The molecule has 1 atom stereocenters. The van der Waals surface area contributed by atoms with E-state index in [1.165, 1.54) is 17.5 Å². The summed E-state index contributed by atoms with van der Waals surface area (Å²) in [6, 6.07) is 12.0. The summed E-state index contributed by atoms with van der Waals surface area (Å²) in [5, 5.41) is 3.24. The lowest BCUT2D eigenvalue weighted by molar-refractivity contribution is -0.141. The maximum atomic E-state index is 13.5. The Morgan fingerprint density at radius 2 is 1.84 bits per heavy atom. The van der Waals surface area contributed by atoms with Crippen LogP contribution in [-0.2, 0) is 26.2 Å². The fourth-order valence-corrected chi connectivity index (χ4v) is 5.37. The number of benzene rings is 2. The van der Waals surface area contributed by atoms with Crippen LogP contribution in [0.5, 0.6) is 5.75 Å². The second kappa shape index (κ2) is 14.4. The normalized spacial score (nSPS) is 12.2. The minimum atomic E-state index is -3.63. The standard InChI is InChI=1S/C28H40ClN3O5S/c1-7-25(28(34)30-18-20(2)3)31(19-22-11-8-10-21(4)16-22)27(33)12-9-15-32(38(6,35)36)23-13-14-26(37-5)24(29)17-23/h8,10-11,13-14,16-17,20,25H,7,9,12,15,18-19H2,1-6H3,(H,30,34)/t25-/m0/s1. The van der Waals surface area contributed by atoms with Crippen LogP contribution < -0.4 is 14.4 Å². The molecule has 2 rings (SSSR count). The summed E-state index contributed by atoms with van der Waals surface area (Å²) in [6.45, 7) is 8.79. The molecule has 8 nitrogen and oxygen atoms in total. The minimum Gasteiger partial charge on any atom is -0.495 e. The lowest BCUT2D eigenvalue weighted by atomic mass is 10.1. The molecule has 0 aliphatic rings. The molecule has 10 heteroatoms. The van der Waals surface area contributed by atoms with Gasteiger partial charge in [0.15, 0.2) is 0 Å². The number of nitrogens with one attached hydrogen (secondary N) is 1. The van der Waals surface area contributed by atoms with Crippen molar-refractivity contribution in [3.63, 3.8) is 0 Å². The van der Waals surface area contributed by atoms with Crippen LogP contribution in [0.15, 0.2) is 42.5 Å². The number of carbonyl (C=O) groups is 2. The Balaban J connectivity index is 2.23.